The zero-order valence-electron chi connectivity index (χ0n) is 5.05. The van der Waals surface area contributed by atoms with Gasteiger partial charge in [0.25, 0.3) is 0 Å². The van der Waals surface area contributed by atoms with Crippen LogP contribution in [-0.2, 0) is 20.4 Å². The minimum Gasteiger partial charge on any atom is -0.572 e. The van der Waals surface area contributed by atoms with Gasteiger partial charge in [0.1, 0.15) is 6.26 Å². The van der Waals surface area contributed by atoms with Gasteiger partial charge in [-0.2, -0.15) is 0 Å². The van der Waals surface area contributed by atoms with Gasteiger partial charge in [-0.05, 0) is 6.42 Å². The molecule has 0 aliphatic heterocycles. The molecule has 0 radical (unpaired) electrons. The molecule has 50 valence electrons. The zero-order chi connectivity index (χ0) is 6.57. The predicted octanol–water partition coefficient (Wildman–Crippen LogP) is 0.439. The van der Waals surface area contributed by atoms with E-state index in [1.165, 1.54) is 6.26 Å². The van der Waals surface area contributed by atoms with Crippen molar-refractivity contribution in [3.63, 3.8) is 0 Å². The Morgan fingerprint density at radius 2 is 1.88 bits per heavy atom. The van der Waals surface area contributed by atoms with Crippen molar-refractivity contribution in [3.8, 4) is 0 Å². The fraction of sp³-hybridized carbons (Fsp3) is 1.00. The Kier molecular flexibility index (Phi) is 4.84. The largest absolute Gasteiger partial charge is 0.572 e. The highest BCUT2D eigenvalue weighted by molar-refractivity contribution is 8.66. The molecule has 0 saturated heterocycles. The highest BCUT2D eigenvalue weighted by atomic mass is 33.2. The minimum absolute atomic E-state index is 0.559. The summed E-state index contributed by atoms with van der Waals surface area (Å²) in [6.07, 6.45) is 2.30. The second-order valence-corrected chi connectivity index (χ2v) is 5.75. The van der Waals surface area contributed by atoms with Gasteiger partial charge >= 0.3 is 0 Å². The van der Waals surface area contributed by atoms with Gasteiger partial charge in [-0.3, -0.25) is 0 Å². The second kappa shape index (κ2) is 4.49. The van der Waals surface area contributed by atoms with Crippen molar-refractivity contribution in [2.45, 2.75) is 13.3 Å². The number of hydrogen-bond acceptors (Lipinski definition) is 2. The Morgan fingerprint density at radius 3 is 2.00 bits per heavy atom. The summed E-state index contributed by atoms with van der Waals surface area (Å²) >= 11 is 0. The first-order valence-electron chi connectivity index (χ1n) is 2.40. The molecule has 0 aromatic carbocycles. The molecule has 0 aliphatic carbocycles. The van der Waals surface area contributed by atoms with Crippen molar-refractivity contribution in [3.05, 3.63) is 0 Å². The van der Waals surface area contributed by atoms with Crippen LogP contribution in [0.15, 0.2) is 0 Å². The maximum Gasteiger partial charge on any atom is 0.170 e. The van der Waals surface area contributed by atoms with E-state index in [9.17, 15) is 9.11 Å². The van der Waals surface area contributed by atoms with Gasteiger partial charge in [-0.1, -0.05) is 6.92 Å². The second-order valence-electron chi connectivity index (χ2n) is 1.41. The normalized spacial score (nSPS) is 18.0. The van der Waals surface area contributed by atoms with Gasteiger partial charge in [-0.15, -0.1) is 0 Å². The highest BCUT2D eigenvalue weighted by Gasteiger charge is 2.15. The molecule has 0 bridgehead atoms. The highest BCUT2D eigenvalue weighted by Crippen LogP contribution is 2.01. The van der Waals surface area contributed by atoms with Crippen LogP contribution in [0.4, 0.5) is 0 Å². The zero-order valence-corrected chi connectivity index (χ0v) is 6.68. The monoisotopic (exact) mass is 154 g/mol. The van der Waals surface area contributed by atoms with Gasteiger partial charge < -0.3 is 9.11 Å². The molecule has 0 N–H and O–H groups in total. The molecule has 0 fully saturated rings. The fourth-order valence-electron chi connectivity index (χ4n) is 0.284. The molecule has 2 unspecified atom stereocenters. The molecule has 0 aliphatic rings. The summed E-state index contributed by atoms with van der Waals surface area (Å²) in [6, 6.07) is 0. The Morgan fingerprint density at radius 1 is 1.38 bits per heavy atom. The van der Waals surface area contributed by atoms with E-state index in [4.69, 9.17) is 0 Å². The van der Waals surface area contributed by atoms with Gasteiger partial charge in [0.05, 0.1) is 0 Å². The molecule has 0 aromatic rings. The molecule has 4 heteroatoms. The lowest BCUT2D eigenvalue weighted by atomic mass is 10.6. The predicted molar refractivity (Wildman–Crippen MR) is 37.4 cm³/mol. The summed E-state index contributed by atoms with van der Waals surface area (Å²) < 4.78 is 20.9. The average molecular weight is 154 g/mol. The van der Waals surface area contributed by atoms with E-state index in [0.29, 0.717) is 5.75 Å². The first-order chi connectivity index (χ1) is 3.68. The molecule has 0 saturated carbocycles. The number of rotatable bonds is 3. The van der Waals surface area contributed by atoms with Crippen LogP contribution < -0.4 is 0 Å². The van der Waals surface area contributed by atoms with Crippen molar-refractivity contribution in [1.82, 2.24) is 0 Å². The van der Waals surface area contributed by atoms with Crippen LogP contribution in [0.3, 0.4) is 0 Å². The Balaban J connectivity index is 3.17. The van der Waals surface area contributed by atoms with Gasteiger partial charge in [0.2, 0.25) is 0 Å². The van der Waals surface area contributed by atoms with Crippen LogP contribution in [0.1, 0.15) is 13.3 Å². The van der Waals surface area contributed by atoms with Crippen molar-refractivity contribution >= 4 is 20.4 Å². The van der Waals surface area contributed by atoms with E-state index in [-0.39, 0.29) is 0 Å². The van der Waals surface area contributed by atoms with Crippen LogP contribution in [-0.4, -0.2) is 21.1 Å². The summed E-state index contributed by atoms with van der Waals surface area (Å²) in [5.41, 5.74) is 0. The molecular formula is C4H10O2S2. The van der Waals surface area contributed by atoms with E-state index in [1.807, 2.05) is 6.92 Å². The molecule has 0 heterocycles. The maximum absolute atomic E-state index is 10.6. The van der Waals surface area contributed by atoms with Crippen LogP contribution in [0.5, 0.6) is 0 Å². The molecule has 0 aromatic heterocycles. The van der Waals surface area contributed by atoms with Gasteiger partial charge in [0.15, 0.2) is 26.2 Å². The van der Waals surface area contributed by atoms with Crippen LogP contribution in [0.2, 0.25) is 0 Å². The van der Waals surface area contributed by atoms with E-state index in [1.54, 1.807) is 0 Å². The molecule has 0 rings (SSSR count). The molecular weight excluding hydrogens is 144 g/mol. The van der Waals surface area contributed by atoms with E-state index in [2.05, 4.69) is 0 Å². The molecule has 0 amide bonds. The summed E-state index contributed by atoms with van der Waals surface area (Å²) in [6.45, 7) is 1.92. The Bertz CT molecular complexity index is 58.0. The van der Waals surface area contributed by atoms with Crippen molar-refractivity contribution in [2.75, 3.05) is 12.0 Å². The average Bonchev–Trinajstić information content (AvgIpc) is 1.67. The third-order valence-corrected chi connectivity index (χ3v) is 3.97. The van der Waals surface area contributed by atoms with Crippen LogP contribution >= 0.6 is 0 Å². The molecule has 2 atom stereocenters. The first kappa shape index (κ1) is 8.62. The topological polar surface area (TPSA) is 46.1 Å². The SMILES string of the molecule is CCC[S+]([O-])[S+](C)[O-]. The summed E-state index contributed by atoms with van der Waals surface area (Å²) in [5.74, 6) is 0.559. The Labute approximate surface area is 55.4 Å². The lowest BCUT2D eigenvalue weighted by Crippen LogP contribution is -2.16. The molecule has 0 spiro atoms. The lowest BCUT2D eigenvalue weighted by Gasteiger charge is -2.05. The van der Waals surface area contributed by atoms with E-state index >= 15 is 0 Å². The molecule has 2 nitrogen and oxygen atoms in total. The minimum atomic E-state index is -1.14. The Hall–Kier alpha value is 0.620. The van der Waals surface area contributed by atoms with Gasteiger partial charge in [0, 0.05) is 0 Å². The smallest absolute Gasteiger partial charge is 0.170 e. The van der Waals surface area contributed by atoms with Crippen LogP contribution in [0, 0.1) is 0 Å². The third-order valence-electron chi connectivity index (χ3n) is 0.633. The lowest BCUT2D eigenvalue weighted by molar-refractivity contribution is 0.584. The number of hydrogen-bond donors (Lipinski definition) is 0. The van der Waals surface area contributed by atoms with Crippen molar-refractivity contribution < 1.29 is 9.11 Å². The van der Waals surface area contributed by atoms with E-state index < -0.39 is 20.4 Å². The summed E-state index contributed by atoms with van der Waals surface area (Å²) in [4.78, 5) is 0. The van der Waals surface area contributed by atoms with Crippen molar-refractivity contribution in [1.29, 1.82) is 0 Å². The fourth-order valence-corrected chi connectivity index (χ4v) is 2.06. The van der Waals surface area contributed by atoms with Crippen LogP contribution in [0.25, 0.3) is 0 Å². The summed E-state index contributed by atoms with van der Waals surface area (Å²) in [5, 5.41) is 0. The van der Waals surface area contributed by atoms with E-state index in [0.717, 1.165) is 6.42 Å². The quantitative estimate of drug-likeness (QED) is 0.437. The molecule has 8 heavy (non-hydrogen) atoms. The van der Waals surface area contributed by atoms with Gasteiger partial charge in [-0.25, -0.2) is 0 Å². The van der Waals surface area contributed by atoms with Crippen molar-refractivity contribution in [2.24, 2.45) is 0 Å². The first-order valence-corrected chi connectivity index (χ1v) is 5.80. The standard InChI is InChI=1S/C4H10O2S2/c1-3-4-8(6)7(2)5/h3-4H2,1-2H3. The maximum atomic E-state index is 10.6. The third kappa shape index (κ3) is 3.60. The summed E-state index contributed by atoms with van der Waals surface area (Å²) in [7, 11) is -2.24.